The molecular formula is C21H34N4O. The van der Waals surface area contributed by atoms with Crippen LogP contribution in [0.5, 0.6) is 0 Å². The molecule has 5 nitrogen and oxygen atoms in total. The lowest BCUT2D eigenvalue weighted by molar-refractivity contribution is 0.139. The smallest absolute Gasteiger partial charge is 0.319 e. The number of urea groups is 1. The first-order valence-electron chi connectivity index (χ1n) is 10.3. The fraction of sp³-hybridized carbons (Fsp3) is 0.667. The molecule has 2 N–H and O–H groups in total. The van der Waals surface area contributed by atoms with E-state index >= 15 is 0 Å². The van der Waals surface area contributed by atoms with Crippen LogP contribution in [0.1, 0.15) is 37.7 Å². The lowest BCUT2D eigenvalue weighted by Crippen LogP contribution is -2.45. The number of benzene rings is 1. The number of hydrogen-bond donors (Lipinski definition) is 2. The summed E-state index contributed by atoms with van der Waals surface area (Å²) in [6, 6.07) is 7.81. The summed E-state index contributed by atoms with van der Waals surface area (Å²) in [6.45, 7) is 10.1. The number of likely N-dealkylation sites (tertiary alicyclic amines) is 2. The molecule has 2 aliphatic rings. The SMILES string of the molecule is Cc1ccc(NC(=O)NCC2CCCN(CCN3CCCCC3)C2)cc1. The van der Waals surface area contributed by atoms with Gasteiger partial charge in [0, 0.05) is 31.9 Å². The van der Waals surface area contributed by atoms with Crippen LogP contribution in [0.25, 0.3) is 0 Å². The van der Waals surface area contributed by atoms with Crippen molar-refractivity contribution in [2.45, 2.75) is 39.0 Å². The molecule has 0 bridgehead atoms. The number of aryl methyl sites for hydroxylation is 1. The molecule has 2 heterocycles. The average Bonchev–Trinajstić information content (AvgIpc) is 2.68. The van der Waals surface area contributed by atoms with Gasteiger partial charge in [-0.05, 0) is 70.3 Å². The quantitative estimate of drug-likeness (QED) is 0.820. The Morgan fingerprint density at radius 3 is 2.46 bits per heavy atom. The number of carbonyl (C=O) groups is 1. The number of amides is 2. The Morgan fingerprint density at radius 1 is 1.00 bits per heavy atom. The summed E-state index contributed by atoms with van der Waals surface area (Å²) in [4.78, 5) is 17.3. The summed E-state index contributed by atoms with van der Waals surface area (Å²) in [5, 5.41) is 5.97. The van der Waals surface area contributed by atoms with Crippen LogP contribution >= 0.6 is 0 Å². The summed E-state index contributed by atoms with van der Waals surface area (Å²) in [5.74, 6) is 0.564. The highest BCUT2D eigenvalue weighted by Gasteiger charge is 2.21. The second-order valence-electron chi connectivity index (χ2n) is 7.91. The Kier molecular flexibility index (Phi) is 7.32. The Hall–Kier alpha value is -1.59. The minimum atomic E-state index is -0.0979. The number of nitrogens with one attached hydrogen (secondary N) is 2. The predicted octanol–water partition coefficient (Wildman–Crippen LogP) is 3.31. The fourth-order valence-corrected chi connectivity index (χ4v) is 4.04. The van der Waals surface area contributed by atoms with E-state index in [1.54, 1.807) is 0 Å². The predicted molar refractivity (Wildman–Crippen MR) is 108 cm³/mol. The van der Waals surface area contributed by atoms with Gasteiger partial charge in [-0.1, -0.05) is 24.1 Å². The Morgan fingerprint density at radius 2 is 1.69 bits per heavy atom. The van der Waals surface area contributed by atoms with Crippen LogP contribution in [-0.4, -0.2) is 61.6 Å². The van der Waals surface area contributed by atoms with Crippen molar-refractivity contribution in [3.63, 3.8) is 0 Å². The molecule has 26 heavy (non-hydrogen) atoms. The van der Waals surface area contributed by atoms with E-state index in [0.717, 1.165) is 18.8 Å². The van der Waals surface area contributed by atoms with Gasteiger partial charge in [-0.25, -0.2) is 4.79 Å². The maximum Gasteiger partial charge on any atom is 0.319 e. The van der Waals surface area contributed by atoms with E-state index in [4.69, 9.17) is 0 Å². The highest BCUT2D eigenvalue weighted by Crippen LogP contribution is 2.16. The molecule has 1 aromatic carbocycles. The van der Waals surface area contributed by atoms with E-state index in [1.165, 1.54) is 70.4 Å². The first-order valence-corrected chi connectivity index (χ1v) is 10.3. The van der Waals surface area contributed by atoms with Crippen molar-refractivity contribution < 1.29 is 4.79 Å². The van der Waals surface area contributed by atoms with E-state index in [1.807, 2.05) is 31.2 Å². The van der Waals surface area contributed by atoms with Crippen LogP contribution in [0.15, 0.2) is 24.3 Å². The monoisotopic (exact) mass is 358 g/mol. The first-order chi connectivity index (χ1) is 12.7. The maximum absolute atomic E-state index is 12.1. The molecular weight excluding hydrogens is 324 g/mol. The second-order valence-corrected chi connectivity index (χ2v) is 7.91. The molecule has 0 aromatic heterocycles. The number of piperidine rings is 2. The summed E-state index contributed by atoms with van der Waals surface area (Å²) in [6.07, 6.45) is 6.58. The topological polar surface area (TPSA) is 47.6 Å². The minimum Gasteiger partial charge on any atom is -0.338 e. The summed E-state index contributed by atoms with van der Waals surface area (Å²) in [7, 11) is 0. The van der Waals surface area contributed by atoms with Crippen LogP contribution in [0, 0.1) is 12.8 Å². The maximum atomic E-state index is 12.1. The molecule has 3 rings (SSSR count). The van der Waals surface area contributed by atoms with Crippen LogP contribution in [-0.2, 0) is 0 Å². The van der Waals surface area contributed by atoms with Crippen molar-refractivity contribution in [2.75, 3.05) is 51.1 Å². The van der Waals surface area contributed by atoms with Crippen molar-refractivity contribution >= 4 is 11.7 Å². The van der Waals surface area contributed by atoms with Crippen molar-refractivity contribution in [3.05, 3.63) is 29.8 Å². The molecule has 2 saturated heterocycles. The Labute approximate surface area is 158 Å². The molecule has 1 unspecified atom stereocenters. The lowest BCUT2D eigenvalue weighted by Gasteiger charge is -2.35. The normalized spacial score (nSPS) is 22.1. The van der Waals surface area contributed by atoms with E-state index in [-0.39, 0.29) is 6.03 Å². The zero-order chi connectivity index (χ0) is 18.2. The third-order valence-corrected chi connectivity index (χ3v) is 5.64. The molecule has 0 saturated carbocycles. The standard InChI is InChI=1S/C21H34N4O/c1-18-7-9-20(10-8-18)23-21(26)22-16-19-6-5-13-25(17-19)15-14-24-11-3-2-4-12-24/h7-10,19H,2-6,11-17H2,1H3,(H2,22,23,26). The zero-order valence-corrected chi connectivity index (χ0v) is 16.2. The van der Waals surface area contributed by atoms with Crippen molar-refractivity contribution in [2.24, 2.45) is 5.92 Å². The number of rotatable bonds is 6. The van der Waals surface area contributed by atoms with Gasteiger partial charge in [0.15, 0.2) is 0 Å². The van der Waals surface area contributed by atoms with Gasteiger partial charge in [-0.3, -0.25) is 0 Å². The summed E-state index contributed by atoms with van der Waals surface area (Å²) in [5.41, 5.74) is 2.04. The molecule has 0 spiro atoms. The van der Waals surface area contributed by atoms with Crippen LogP contribution in [0.3, 0.4) is 0 Å². The van der Waals surface area contributed by atoms with Gasteiger partial charge >= 0.3 is 6.03 Å². The molecule has 1 atom stereocenters. The van der Waals surface area contributed by atoms with Gasteiger partial charge in [0.05, 0.1) is 0 Å². The number of hydrogen-bond acceptors (Lipinski definition) is 3. The highest BCUT2D eigenvalue weighted by atomic mass is 16.2. The van der Waals surface area contributed by atoms with Gasteiger partial charge in [-0.15, -0.1) is 0 Å². The molecule has 2 amide bonds. The minimum absolute atomic E-state index is 0.0979. The molecule has 1 aromatic rings. The third kappa shape index (κ3) is 6.29. The lowest BCUT2D eigenvalue weighted by atomic mass is 9.98. The van der Waals surface area contributed by atoms with Crippen LogP contribution in [0.2, 0.25) is 0 Å². The van der Waals surface area contributed by atoms with Gasteiger partial charge in [0.1, 0.15) is 0 Å². The largest absolute Gasteiger partial charge is 0.338 e. The van der Waals surface area contributed by atoms with E-state index in [0.29, 0.717) is 5.92 Å². The second kappa shape index (κ2) is 9.93. The number of anilines is 1. The van der Waals surface area contributed by atoms with Crippen molar-refractivity contribution in [3.8, 4) is 0 Å². The van der Waals surface area contributed by atoms with Gasteiger partial charge in [0.25, 0.3) is 0 Å². The first kappa shape index (κ1) is 19.2. The molecule has 2 aliphatic heterocycles. The van der Waals surface area contributed by atoms with Crippen LogP contribution in [0.4, 0.5) is 10.5 Å². The number of carbonyl (C=O) groups excluding carboxylic acids is 1. The molecule has 0 aliphatic carbocycles. The van der Waals surface area contributed by atoms with E-state index < -0.39 is 0 Å². The molecule has 144 valence electrons. The van der Waals surface area contributed by atoms with Gasteiger partial charge in [-0.2, -0.15) is 0 Å². The van der Waals surface area contributed by atoms with Crippen molar-refractivity contribution in [1.29, 1.82) is 0 Å². The molecule has 0 radical (unpaired) electrons. The zero-order valence-electron chi connectivity index (χ0n) is 16.2. The van der Waals surface area contributed by atoms with Crippen molar-refractivity contribution in [1.82, 2.24) is 15.1 Å². The molecule has 5 heteroatoms. The summed E-state index contributed by atoms with van der Waals surface area (Å²) < 4.78 is 0. The van der Waals surface area contributed by atoms with E-state index in [9.17, 15) is 4.79 Å². The summed E-state index contributed by atoms with van der Waals surface area (Å²) >= 11 is 0. The molecule has 2 fully saturated rings. The van der Waals surface area contributed by atoms with Crippen LogP contribution < -0.4 is 10.6 Å². The van der Waals surface area contributed by atoms with E-state index in [2.05, 4.69) is 20.4 Å². The Balaban J connectivity index is 1.34. The van der Waals surface area contributed by atoms with Gasteiger partial charge in [0.2, 0.25) is 0 Å². The van der Waals surface area contributed by atoms with Gasteiger partial charge < -0.3 is 20.4 Å². The fourth-order valence-electron chi connectivity index (χ4n) is 4.04. The average molecular weight is 359 g/mol. The third-order valence-electron chi connectivity index (χ3n) is 5.64. The highest BCUT2D eigenvalue weighted by molar-refractivity contribution is 5.89. The number of nitrogens with zero attached hydrogens (tertiary/aromatic N) is 2. The Bertz CT molecular complexity index is 554.